The number of benzene rings is 1. The lowest BCUT2D eigenvalue weighted by Gasteiger charge is -2.13. The quantitative estimate of drug-likeness (QED) is 0.529. The molecule has 0 amide bonds. The van der Waals surface area contributed by atoms with E-state index in [1.54, 1.807) is 0 Å². The second-order valence-electron chi connectivity index (χ2n) is 4.59. The van der Waals surface area contributed by atoms with E-state index in [4.69, 9.17) is 5.73 Å². The highest BCUT2D eigenvalue weighted by Crippen LogP contribution is 2.23. The third-order valence-corrected chi connectivity index (χ3v) is 4.54. The summed E-state index contributed by atoms with van der Waals surface area (Å²) in [6, 6.07) is 3.81. The van der Waals surface area contributed by atoms with E-state index in [2.05, 4.69) is 9.62 Å². The molecule has 1 aromatic rings. The molecule has 6 nitrogen and oxygen atoms in total. The molecule has 1 fully saturated rings. The van der Waals surface area contributed by atoms with Crippen molar-refractivity contribution < 1.29 is 13.5 Å². The van der Waals surface area contributed by atoms with Gasteiger partial charge in [-0.15, -0.1) is 0 Å². The van der Waals surface area contributed by atoms with Gasteiger partial charge in [-0.25, -0.2) is 13.1 Å². The Bertz CT molecular complexity index is 544. The number of nitrogens with one attached hydrogen (secondary N) is 1. The van der Waals surface area contributed by atoms with E-state index in [1.807, 2.05) is 7.05 Å². The Morgan fingerprint density at radius 3 is 2.78 bits per heavy atom. The topological polar surface area (TPSA) is 95.7 Å². The molecule has 2 rings (SSSR count). The van der Waals surface area contributed by atoms with Gasteiger partial charge in [-0.1, -0.05) is 0 Å². The highest BCUT2D eigenvalue weighted by Gasteiger charge is 2.25. The minimum absolute atomic E-state index is 0.0569. The Kier molecular flexibility index (Phi) is 3.47. The first-order valence-electron chi connectivity index (χ1n) is 5.68. The molecule has 0 aliphatic carbocycles. The Labute approximate surface area is 106 Å². The fourth-order valence-corrected chi connectivity index (χ4v) is 3.32. The highest BCUT2D eigenvalue weighted by atomic mass is 32.2. The largest absolute Gasteiger partial charge is 0.506 e. The van der Waals surface area contributed by atoms with Crippen LogP contribution in [-0.2, 0) is 10.0 Å². The van der Waals surface area contributed by atoms with Crippen LogP contribution in [0.25, 0.3) is 0 Å². The molecule has 1 aliphatic heterocycles. The second-order valence-corrected chi connectivity index (χ2v) is 6.30. The monoisotopic (exact) mass is 271 g/mol. The van der Waals surface area contributed by atoms with Crippen LogP contribution >= 0.6 is 0 Å². The molecule has 18 heavy (non-hydrogen) atoms. The van der Waals surface area contributed by atoms with E-state index in [0.29, 0.717) is 6.54 Å². The summed E-state index contributed by atoms with van der Waals surface area (Å²) in [7, 11) is -1.62. The van der Waals surface area contributed by atoms with Crippen LogP contribution in [0.2, 0.25) is 0 Å². The molecule has 0 bridgehead atoms. The third-order valence-electron chi connectivity index (χ3n) is 3.02. The maximum Gasteiger partial charge on any atom is 0.240 e. The number of nitrogens with two attached hydrogens (primary N) is 1. The summed E-state index contributed by atoms with van der Waals surface area (Å²) in [5.41, 5.74) is 5.55. The van der Waals surface area contributed by atoms with Gasteiger partial charge >= 0.3 is 0 Å². The van der Waals surface area contributed by atoms with Gasteiger partial charge in [0, 0.05) is 12.6 Å². The molecule has 100 valence electrons. The van der Waals surface area contributed by atoms with Crippen molar-refractivity contribution in [2.75, 3.05) is 25.9 Å². The fraction of sp³-hybridized carbons (Fsp3) is 0.455. The molecule has 1 aromatic carbocycles. The van der Waals surface area contributed by atoms with Gasteiger partial charge in [0.2, 0.25) is 10.0 Å². The van der Waals surface area contributed by atoms with E-state index in [0.717, 1.165) is 13.0 Å². The van der Waals surface area contributed by atoms with Gasteiger partial charge in [-0.05, 0) is 38.2 Å². The SMILES string of the molecule is CN1CCC(NS(=O)(=O)c2ccc(O)c(N)c2)C1. The minimum Gasteiger partial charge on any atom is -0.506 e. The number of likely N-dealkylation sites (tertiary alicyclic amines) is 1. The van der Waals surface area contributed by atoms with Crippen LogP contribution in [0.5, 0.6) is 5.75 Å². The number of phenols is 1. The van der Waals surface area contributed by atoms with Gasteiger partial charge in [-0.3, -0.25) is 0 Å². The van der Waals surface area contributed by atoms with E-state index in [9.17, 15) is 13.5 Å². The molecular formula is C11H17N3O3S. The van der Waals surface area contributed by atoms with Gasteiger partial charge < -0.3 is 15.7 Å². The van der Waals surface area contributed by atoms with Crippen molar-refractivity contribution in [2.45, 2.75) is 17.4 Å². The number of hydrogen-bond acceptors (Lipinski definition) is 5. The average molecular weight is 271 g/mol. The maximum atomic E-state index is 12.1. The number of likely N-dealkylation sites (N-methyl/N-ethyl adjacent to an activating group) is 1. The van der Waals surface area contributed by atoms with E-state index >= 15 is 0 Å². The van der Waals surface area contributed by atoms with Gasteiger partial charge in [0.15, 0.2) is 0 Å². The van der Waals surface area contributed by atoms with Crippen molar-refractivity contribution >= 4 is 15.7 Å². The molecule has 1 aliphatic rings. The number of phenolic OH excluding ortho intramolecular Hbond substituents is 1. The van der Waals surface area contributed by atoms with Crippen LogP contribution in [0.1, 0.15) is 6.42 Å². The van der Waals surface area contributed by atoms with Crippen LogP contribution in [0.4, 0.5) is 5.69 Å². The Morgan fingerprint density at radius 1 is 1.50 bits per heavy atom. The zero-order valence-corrected chi connectivity index (χ0v) is 10.9. The maximum absolute atomic E-state index is 12.1. The summed E-state index contributed by atoms with van der Waals surface area (Å²) in [5, 5.41) is 9.28. The molecule has 0 saturated carbocycles. The van der Waals surface area contributed by atoms with Crippen molar-refractivity contribution in [3.63, 3.8) is 0 Å². The Hall–Kier alpha value is -1.31. The van der Waals surface area contributed by atoms with Crippen molar-refractivity contribution in [3.8, 4) is 5.75 Å². The summed E-state index contributed by atoms with van der Waals surface area (Å²) >= 11 is 0. The Morgan fingerprint density at radius 2 is 2.22 bits per heavy atom. The summed E-state index contributed by atoms with van der Waals surface area (Å²) in [5.74, 6) is -0.116. The molecule has 1 saturated heterocycles. The first-order chi connectivity index (χ1) is 8.38. The van der Waals surface area contributed by atoms with Crippen LogP contribution in [-0.4, -0.2) is 44.6 Å². The average Bonchev–Trinajstić information content (AvgIpc) is 2.67. The van der Waals surface area contributed by atoms with E-state index in [-0.39, 0.29) is 22.4 Å². The number of nitrogen functional groups attached to an aromatic ring is 1. The predicted octanol–water partition coefficient (Wildman–Crippen LogP) is -0.0432. The minimum atomic E-state index is -3.57. The first-order valence-corrected chi connectivity index (χ1v) is 7.16. The standard InChI is InChI=1S/C11H17N3O3S/c1-14-5-4-8(7-14)13-18(16,17)9-2-3-11(15)10(12)6-9/h2-3,6,8,13,15H,4-5,7,12H2,1H3. The lowest BCUT2D eigenvalue weighted by molar-refractivity contribution is 0.407. The van der Waals surface area contributed by atoms with E-state index < -0.39 is 10.0 Å². The molecule has 0 spiro atoms. The highest BCUT2D eigenvalue weighted by molar-refractivity contribution is 7.89. The van der Waals surface area contributed by atoms with Crippen molar-refractivity contribution in [3.05, 3.63) is 18.2 Å². The molecular weight excluding hydrogens is 254 g/mol. The lowest BCUT2D eigenvalue weighted by Crippen LogP contribution is -2.36. The third kappa shape index (κ3) is 2.74. The molecule has 1 atom stereocenters. The number of anilines is 1. The number of nitrogens with zero attached hydrogens (tertiary/aromatic N) is 1. The summed E-state index contributed by atoms with van der Waals surface area (Å²) < 4.78 is 26.8. The van der Waals surface area contributed by atoms with Gasteiger partial charge in [-0.2, -0.15) is 0 Å². The van der Waals surface area contributed by atoms with E-state index in [1.165, 1.54) is 18.2 Å². The number of hydrogen-bond donors (Lipinski definition) is 3. The fourth-order valence-electron chi connectivity index (χ4n) is 2.02. The second kappa shape index (κ2) is 4.75. The number of rotatable bonds is 3. The van der Waals surface area contributed by atoms with Crippen LogP contribution in [0.15, 0.2) is 23.1 Å². The predicted molar refractivity (Wildman–Crippen MR) is 68.7 cm³/mol. The van der Waals surface area contributed by atoms with Crippen molar-refractivity contribution in [2.24, 2.45) is 0 Å². The summed E-state index contributed by atoms with van der Waals surface area (Å²) in [6.45, 7) is 1.58. The molecule has 1 unspecified atom stereocenters. The molecule has 4 N–H and O–H groups in total. The van der Waals surface area contributed by atoms with Crippen LogP contribution in [0.3, 0.4) is 0 Å². The number of aromatic hydroxyl groups is 1. The van der Waals surface area contributed by atoms with Crippen LogP contribution in [0, 0.1) is 0 Å². The molecule has 0 aromatic heterocycles. The molecule has 0 radical (unpaired) electrons. The van der Waals surface area contributed by atoms with Gasteiger partial charge in [0.25, 0.3) is 0 Å². The molecule has 1 heterocycles. The number of sulfonamides is 1. The zero-order chi connectivity index (χ0) is 13.3. The molecule has 7 heteroatoms. The summed E-state index contributed by atoms with van der Waals surface area (Å²) in [6.07, 6.45) is 0.795. The van der Waals surface area contributed by atoms with Gasteiger partial charge in [0.05, 0.1) is 10.6 Å². The summed E-state index contributed by atoms with van der Waals surface area (Å²) in [4.78, 5) is 2.14. The normalized spacial score (nSPS) is 21.3. The zero-order valence-electron chi connectivity index (χ0n) is 10.1. The first kappa shape index (κ1) is 13.1. The Balaban J connectivity index is 2.17. The smallest absolute Gasteiger partial charge is 0.240 e. The lowest BCUT2D eigenvalue weighted by atomic mass is 10.3. The van der Waals surface area contributed by atoms with Crippen LogP contribution < -0.4 is 10.5 Å². The van der Waals surface area contributed by atoms with Crippen molar-refractivity contribution in [1.29, 1.82) is 0 Å². The van der Waals surface area contributed by atoms with Crippen molar-refractivity contribution in [1.82, 2.24) is 9.62 Å². The van der Waals surface area contributed by atoms with Gasteiger partial charge in [0.1, 0.15) is 5.75 Å².